The zero-order valence-corrected chi connectivity index (χ0v) is 10.1. The van der Waals surface area contributed by atoms with Crippen molar-refractivity contribution in [3.05, 3.63) is 42.2 Å². The molecule has 0 spiro atoms. The van der Waals surface area contributed by atoms with Crippen molar-refractivity contribution in [1.29, 1.82) is 0 Å². The van der Waals surface area contributed by atoms with Gasteiger partial charge in [-0.15, -0.1) is 0 Å². The molecule has 0 aliphatic rings. The molecule has 0 unspecified atom stereocenters. The van der Waals surface area contributed by atoms with Gasteiger partial charge in [-0.05, 0) is 36.8 Å². The van der Waals surface area contributed by atoms with Gasteiger partial charge in [0.25, 0.3) is 0 Å². The van der Waals surface area contributed by atoms with Crippen LogP contribution < -0.4 is 10.1 Å². The Balaban J connectivity index is 2.09. The lowest BCUT2D eigenvalue weighted by molar-refractivity contribution is 0.200. The van der Waals surface area contributed by atoms with Gasteiger partial charge in [-0.2, -0.15) is 0 Å². The molecule has 0 bridgehead atoms. The lowest BCUT2D eigenvalue weighted by Gasteiger charge is -2.10. The third-order valence-corrected chi connectivity index (χ3v) is 2.35. The predicted molar refractivity (Wildman–Crippen MR) is 69.1 cm³/mol. The molecule has 2 rings (SSSR count). The number of aryl methyl sites for hydroxylation is 1. The molecule has 5 nitrogen and oxygen atoms in total. The second-order valence-corrected chi connectivity index (χ2v) is 3.75. The molecule has 0 saturated heterocycles. The number of nitrogens with zero attached hydrogens (tertiary/aromatic N) is 2. The average Bonchev–Trinajstić information content (AvgIpc) is 2.39. The van der Waals surface area contributed by atoms with Crippen LogP contribution in [-0.4, -0.2) is 28.3 Å². The quantitative estimate of drug-likeness (QED) is 0.842. The molecule has 0 aliphatic carbocycles. The van der Waals surface area contributed by atoms with Crippen molar-refractivity contribution in [2.45, 2.75) is 6.92 Å². The van der Waals surface area contributed by atoms with Crippen LogP contribution in [0.3, 0.4) is 0 Å². The molecule has 0 fully saturated rings. The Bertz CT molecular complexity index is 503. The number of hydrogen-bond acceptors (Lipinski definition) is 5. The first-order valence-electron chi connectivity index (χ1n) is 5.68. The number of benzene rings is 1. The van der Waals surface area contributed by atoms with E-state index in [4.69, 9.17) is 9.84 Å². The Morgan fingerprint density at radius 1 is 1.28 bits per heavy atom. The van der Waals surface area contributed by atoms with Gasteiger partial charge in [0.1, 0.15) is 12.4 Å². The fourth-order valence-electron chi connectivity index (χ4n) is 1.54. The van der Waals surface area contributed by atoms with E-state index in [1.807, 2.05) is 25.1 Å². The summed E-state index contributed by atoms with van der Waals surface area (Å²) in [6.45, 7) is 2.26. The van der Waals surface area contributed by atoms with Gasteiger partial charge in [0.15, 0.2) is 0 Å². The topological polar surface area (TPSA) is 67.3 Å². The van der Waals surface area contributed by atoms with Crippen LogP contribution in [0.4, 0.5) is 11.6 Å². The van der Waals surface area contributed by atoms with Gasteiger partial charge in [-0.25, -0.2) is 9.97 Å². The molecule has 0 saturated carbocycles. The number of rotatable bonds is 5. The molecule has 94 valence electrons. The van der Waals surface area contributed by atoms with Gasteiger partial charge in [0.2, 0.25) is 5.95 Å². The van der Waals surface area contributed by atoms with E-state index >= 15 is 0 Å². The number of aliphatic hydroxyl groups excluding tert-OH is 1. The van der Waals surface area contributed by atoms with Gasteiger partial charge in [0, 0.05) is 18.1 Å². The average molecular weight is 245 g/mol. The van der Waals surface area contributed by atoms with Crippen molar-refractivity contribution >= 4 is 11.6 Å². The Kier molecular flexibility index (Phi) is 4.09. The van der Waals surface area contributed by atoms with E-state index in [9.17, 15) is 0 Å². The highest BCUT2D eigenvalue weighted by molar-refractivity contribution is 5.56. The lowest BCUT2D eigenvalue weighted by Crippen LogP contribution is -2.03. The first kappa shape index (κ1) is 12.3. The Labute approximate surface area is 105 Å². The van der Waals surface area contributed by atoms with Crippen LogP contribution in [0.25, 0.3) is 0 Å². The second kappa shape index (κ2) is 5.97. The maximum Gasteiger partial charge on any atom is 0.227 e. The minimum atomic E-state index is 0.0112. The number of nitrogens with one attached hydrogen (secondary N) is 1. The van der Waals surface area contributed by atoms with Crippen molar-refractivity contribution in [2.75, 3.05) is 18.5 Å². The van der Waals surface area contributed by atoms with E-state index in [0.717, 1.165) is 17.0 Å². The van der Waals surface area contributed by atoms with E-state index in [1.165, 1.54) is 0 Å². The Hall–Kier alpha value is -2.14. The smallest absolute Gasteiger partial charge is 0.227 e. The summed E-state index contributed by atoms with van der Waals surface area (Å²) in [6.07, 6.45) is 3.36. The minimum Gasteiger partial charge on any atom is -0.491 e. The molecule has 1 aromatic heterocycles. The van der Waals surface area contributed by atoms with E-state index in [-0.39, 0.29) is 6.61 Å². The molecule has 0 aliphatic heterocycles. The molecule has 0 radical (unpaired) electrons. The van der Waals surface area contributed by atoms with Gasteiger partial charge in [-0.1, -0.05) is 0 Å². The van der Waals surface area contributed by atoms with Gasteiger partial charge in [-0.3, -0.25) is 0 Å². The number of anilines is 2. The van der Waals surface area contributed by atoms with E-state index in [1.54, 1.807) is 18.5 Å². The predicted octanol–water partition coefficient (Wildman–Crippen LogP) is 1.90. The number of hydrogen-bond donors (Lipinski definition) is 2. The van der Waals surface area contributed by atoms with E-state index in [2.05, 4.69) is 15.3 Å². The molecule has 0 amide bonds. The first-order valence-corrected chi connectivity index (χ1v) is 5.68. The lowest BCUT2D eigenvalue weighted by atomic mass is 10.2. The standard InChI is InChI=1S/C13H15N3O2/c1-10-9-11(3-4-12(10)18-8-7-17)16-13-14-5-2-6-15-13/h2-6,9,17H,7-8H2,1H3,(H,14,15,16). The molecule has 0 atom stereocenters. The van der Waals surface area contributed by atoms with Crippen LogP contribution in [-0.2, 0) is 0 Å². The fourth-order valence-corrected chi connectivity index (χ4v) is 1.54. The maximum absolute atomic E-state index is 8.71. The minimum absolute atomic E-state index is 0.0112. The van der Waals surface area contributed by atoms with Crippen LogP contribution in [0.1, 0.15) is 5.56 Å². The van der Waals surface area contributed by atoms with Gasteiger partial charge < -0.3 is 15.2 Å². The molecule has 18 heavy (non-hydrogen) atoms. The number of aromatic nitrogens is 2. The van der Waals surface area contributed by atoms with E-state index in [0.29, 0.717) is 12.6 Å². The van der Waals surface area contributed by atoms with Gasteiger partial charge in [0.05, 0.1) is 6.61 Å². The van der Waals surface area contributed by atoms with Crippen LogP contribution in [0, 0.1) is 6.92 Å². The van der Waals surface area contributed by atoms with Crippen LogP contribution >= 0.6 is 0 Å². The summed E-state index contributed by atoms with van der Waals surface area (Å²) in [5, 5.41) is 11.8. The summed E-state index contributed by atoms with van der Waals surface area (Å²) in [5.41, 5.74) is 1.89. The summed E-state index contributed by atoms with van der Waals surface area (Å²) >= 11 is 0. The summed E-state index contributed by atoms with van der Waals surface area (Å²) in [4.78, 5) is 8.18. The fraction of sp³-hybridized carbons (Fsp3) is 0.231. The number of aliphatic hydroxyl groups is 1. The van der Waals surface area contributed by atoms with Crippen LogP contribution in [0.5, 0.6) is 5.75 Å². The largest absolute Gasteiger partial charge is 0.491 e. The summed E-state index contributed by atoms with van der Waals surface area (Å²) in [5.74, 6) is 1.32. The van der Waals surface area contributed by atoms with E-state index < -0.39 is 0 Å². The highest BCUT2D eigenvalue weighted by atomic mass is 16.5. The third kappa shape index (κ3) is 3.18. The van der Waals surface area contributed by atoms with Crippen LogP contribution in [0.15, 0.2) is 36.7 Å². The zero-order chi connectivity index (χ0) is 12.8. The molecule has 5 heteroatoms. The highest BCUT2D eigenvalue weighted by Crippen LogP contribution is 2.23. The summed E-state index contributed by atoms with van der Waals surface area (Å²) in [6, 6.07) is 7.46. The van der Waals surface area contributed by atoms with Crippen molar-refractivity contribution in [2.24, 2.45) is 0 Å². The number of ether oxygens (including phenoxy) is 1. The monoisotopic (exact) mass is 245 g/mol. The molecule has 1 heterocycles. The Morgan fingerprint density at radius 3 is 2.72 bits per heavy atom. The SMILES string of the molecule is Cc1cc(Nc2ncccn2)ccc1OCCO. The molecular formula is C13H15N3O2. The van der Waals surface area contributed by atoms with Crippen molar-refractivity contribution in [3.63, 3.8) is 0 Å². The van der Waals surface area contributed by atoms with Crippen molar-refractivity contribution in [3.8, 4) is 5.75 Å². The summed E-state index contributed by atoms with van der Waals surface area (Å²) < 4.78 is 5.38. The second-order valence-electron chi connectivity index (χ2n) is 3.75. The Morgan fingerprint density at radius 2 is 2.06 bits per heavy atom. The van der Waals surface area contributed by atoms with Crippen molar-refractivity contribution < 1.29 is 9.84 Å². The molecule has 2 N–H and O–H groups in total. The first-order chi connectivity index (χ1) is 8.79. The molecule has 1 aromatic carbocycles. The normalized spacial score (nSPS) is 10.1. The summed E-state index contributed by atoms with van der Waals surface area (Å²) in [7, 11) is 0. The van der Waals surface area contributed by atoms with Crippen molar-refractivity contribution in [1.82, 2.24) is 9.97 Å². The van der Waals surface area contributed by atoms with Crippen LogP contribution in [0.2, 0.25) is 0 Å². The molecule has 2 aromatic rings. The zero-order valence-electron chi connectivity index (χ0n) is 10.1. The third-order valence-electron chi connectivity index (χ3n) is 2.35. The van der Waals surface area contributed by atoms with Gasteiger partial charge >= 0.3 is 0 Å². The molecular weight excluding hydrogens is 230 g/mol. The maximum atomic E-state index is 8.71. The highest BCUT2D eigenvalue weighted by Gasteiger charge is 2.02.